The minimum absolute atomic E-state index is 0.0700. The maximum absolute atomic E-state index is 13.2. The molecule has 1 saturated carbocycles. The molecule has 4 heteroatoms. The summed E-state index contributed by atoms with van der Waals surface area (Å²) in [4.78, 5) is 11.4. The first-order chi connectivity index (χ1) is 6.68. The normalized spacial score (nSPS) is 27.7. The minimum Gasteiger partial charge on any atom is -0.326 e. The molecule has 0 radical (unpaired) electrons. The third kappa shape index (κ3) is 0.974. The van der Waals surface area contributed by atoms with Gasteiger partial charge in [0.1, 0.15) is 5.82 Å². The van der Waals surface area contributed by atoms with E-state index in [2.05, 4.69) is 21.2 Å². The first kappa shape index (κ1) is 8.41. The molecule has 1 aromatic rings. The van der Waals surface area contributed by atoms with Crippen LogP contribution >= 0.6 is 15.9 Å². The number of hydrogen-bond acceptors (Lipinski definition) is 1. The lowest BCUT2D eigenvalue weighted by atomic mass is 10.0. The van der Waals surface area contributed by atoms with E-state index in [1.165, 1.54) is 6.07 Å². The van der Waals surface area contributed by atoms with Gasteiger partial charge >= 0.3 is 0 Å². The van der Waals surface area contributed by atoms with Crippen LogP contribution in [0.4, 0.5) is 10.1 Å². The molecule has 1 aliphatic heterocycles. The molecule has 14 heavy (non-hydrogen) atoms. The number of amides is 1. The van der Waals surface area contributed by atoms with E-state index in [1.54, 1.807) is 6.07 Å². The third-order valence-electron chi connectivity index (χ3n) is 2.89. The van der Waals surface area contributed by atoms with Crippen LogP contribution in [0.3, 0.4) is 0 Å². The fraction of sp³-hybridized carbons (Fsp3) is 0.300. The monoisotopic (exact) mass is 255 g/mol. The Labute approximate surface area is 88.6 Å². The number of halogens is 2. The molecule has 0 spiro atoms. The summed E-state index contributed by atoms with van der Waals surface area (Å²) in [5.41, 5.74) is 1.68. The van der Waals surface area contributed by atoms with Gasteiger partial charge in [-0.25, -0.2) is 4.39 Å². The molecule has 2 nitrogen and oxygen atoms in total. The van der Waals surface area contributed by atoms with E-state index in [0.717, 1.165) is 17.7 Å². The van der Waals surface area contributed by atoms with Crippen LogP contribution in [0.5, 0.6) is 0 Å². The first-order valence-corrected chi connectivity index (χ1v) is 5.26. The first-order valence-electron chi connectivity index (χ1n) is 4.47. The van der Waals surface area contributed by atoms with Crippen LogP contribution in [0.1, 0.15) is 17.9 Å². The lowest BCUT2D eigenvalue weighted by Gasteiger charge is -2.17. The molecule has 1 amide bonds. The van der Waals surface area contributed by atoms with Crippen molar-refractivity contribution in [3.8, 4) is 0 Å². The van der Waals surface area contributed by atoms with Gasteiger partial charge in [-0.1, -0.05) is 0 Å². The summed E-state index contributed by atoms with van der Waals surface area (Å²) in [5, 5.41) is 2.78. The number of hydrogen-bond donors (Lipinski definition) is 1. The van der Waals surface area contributed by atoms with Gasteiger partial charge in [-0.05, 0) is 46.0 Å². The standard InChI is InChI=1S/C10H7BrFNO/c11-9-6(12)1-2-7-8(9)4-3-5(4)10(14)13-7/h1-2,4-5H,3H2,(H,13,14). The minimum atomic E-state index is -0.259. The molecule has 1 aliphatic carbocycles. The van der Waals surface area contributed by atoms with E-state index < -0.39 is 0 Å². The Morgan fingerprint density at radius 3 is 3.00 bits per heavy atom. The molecule has 0 bridgehead atoms. The van der Waals surface area contributed by atoms with Gasteiger partial charge in [0.2, 0.25) is 5.91 Å². The van der Waals surface area contributed by atoms with Crippen molar-refractivity contribution in [1.82, 2.24) is 0 Å². The maximum atomic E-state index is 13.2. The van der Waals surface area contributed by atoms with Crippen LogP contribution in [-0.4, -0.2) is 5.91 Å². The maximum Gasteiger partial charge on any atom is 0.228 e. The smallest absolute Gasteiger partial charge is 0.228 e. The number of benzene rings is 1. The average molecular weight is 256 g/mol. The van der Waals surface area contributed by atoms with Gasteiger partial charge in [0, 0.05) is 11.6 Å². The van der Waals surface area contributed by atoms with Crippen molar-refractivity contribution in [3.63, 3.8) is 0 Å². The van der Waals surface area contributed by atoms with Crippen LogP contribution in [0, 0.1) is 11.7 Å². The third-order valence-corrected chi connectivity index (χ3v) is 3.69. The van der Waals surface area contributed by atoms with Crippen LogP contribution in [0.2, 0.25) is 0 Å². The van der Waals surface area contributed by atoms with Gasteiger partial charge in [0.25, 0.3) is 0 Å². The second kappa shape index (κ2) is 2.57. The quantitative estimate of drug-likeness (QED) is 0.759. The van der Waals surface area contributed by atoms with Gasteiger partial charge in [0.15, 0.2) is 0 Å². The van der Waals surface area contributed by atoms with E-state index in [1.807, 2.05) is 0 Å². The topological polar surface area (TPSA) is 29.1 Å². The average Bonchev–Trinajstić information content (AvgIpc) is 2.91. The molecule has 2 unspecified atom stereocenters. The molecular formula is C10H7BrFNO. The molecule has 1 aromatic carbocycles. The van der Waals surface area contributed by atoms with E-state index in [-0.39, 0.29) is 23.6 Å². The van der Waals surface area contributed by atoms with E-state index >= 15 is 0 Å². The van der Waals surface area contributed by atoms with Crippen molar-refractivity contribution >= 4 is 27.5 Å². The number of anilines is 1. The van der Waals surface area contributed by atoms with Gasteiger partial charge < -0.3 is 5.32 Å². The van der Waals surface area contributed by atoms with Crippen molar-refractivity contribution < 1.29 is 9.18 Å². The Bertz CT molecular complexity index is 446. The summed E-state index contributed by atoms with van der Waals surface area (Å²) < 4.78 is 13.7. The molecular weight excluding hydrogens is 249 g/mol. The molecule has 2 atom stereocenters. The Hall–Kier alpha value is -0.900. The zero-order valence-corrected chi connectivity index (χ0v) is 8.77. The van der Waals surface area contributed by atoms with Crippen molar-refractivity contribution in [3.05, 3.63) is 28.0 Å². The largest absolute Gasteiger partial charge is 0.326 e. The van der Waals surface area contributed by atoms with E-state index in [9.17, 15) is 9.18 Å². The Kier molecular flexibility index (Phi) is 1.54. The van der Waals surface area contributed by atoms with Crippen molar-refractivity contribution in [1.29, 1.82) is 0 Å². The molecule has 1 heterocycles. The number of fused-ring (bicyclic) bond motifs is 3. The summed E-state index contributed by atoms with van der Waals surface area (Å²) in [7, 11) is 0. The van der Waals surface area contributed by atoms with Gasteiger partial charge in [-0.3, -0.25) is 4.79 Å². The van der Waals surface area contributed by atoms with E-state index in [4.69, 9.17) is 0 Å². The zero-order valence-electron chi connectivity index (χ0n) is 7.18. The fourth-order valence-corrected chi connectivity index (χ4v) is 2.71. The number of carbonyl (C=O) groups is 1. The fourth-order valence-electron chi connectivity index (χ4n) is 2.07. The summed E-state index contributed by atoms with van der Waals surface area (Å²) in [6, 6.07) is 2.99. The molecule has 1 N–H and O–H groups in total. The predicted octanol–water partition coefficient (Wildman–Crippen LogP) is 2.64. The van der Waals surface area contributed by atoms with E-state index in [0.29, 0.717) is 4.47 Å². The second-order valence-electron chi connectivity index (χ2n) is 3.76. The highest BCUT2D eigenvalue weighted by atomic mass is 79.9. The number of nitrogens with one attached hydrogen (secondary N) is 1. The van der Waals surface area contributed by atoms with Crippen LogP contribution < -0.4 is 5.32 Å². The highest BCUT2D eigenvalue weighted by Crippen LogP contribution is 2.55. The molecule has 0 saturated heterocycles. The predicted molar refractivity (Wildman–Crippen MR) is 53.6 cm³/mol. The molecule has 72 valence electrons. The Morgan fingerprint density at radius 2 is 2.21 bits per heavy atom. The van der Waals surface area contributed by atoms with Crippen LogP contribution in [0.25, 0.3) is 0 Å². The molecule has 2 aliphatic rings. The lowest BCUT2D eigenvalue weighted by molar-refractivity contribution is -0.117. The molecule has 3 rings (SSSR count). The molecule has 1 fully saturated rings. The highest BCUT2D eigenvalue weighted by Gasteiger charge is 2.49. The van der Waals surface area contributed by atoms with Crippen LogP contribution in [0.15, 0.2) is 16.6 Å². The van der Waals surface area contributed by atoms with Crippen molar-refractivity contribution in [2.45, 2.75) is 12.3 Å². The number of carbonyl (C=O) groups excluding carboxylic acids is 1. The summed E-state index contributed by atoms with van der Waals surface area (Å²) >= 11 is 3.23. The summed E-state index contributed by atoms with van der Waals surface area (Å²) in [6.07, 6.45) is 0.848. The Balaban J connectivity index is 2.21. The zero-order chi connectivity index (χ0) is 9.87. The van der Waals surface area contributed by atoms with Crippen molar-refractivity contribution in [2.75, 3.05) is 5.32 Å². The SMILES string of the molecule is O=C1Nc2ccc(F)c(Br)c2C2CC12. The van der Waals surface area contributed by atoms with Gasteiger partial charge in [-0.15, -0.1) is 0 Å². The van der Waals surface area contributed by atoms with Gasteiger partial charge in [0.05, 0.1) is 4.47 Å². The Morgan fingerprint density at radius 1 is 1.43 bits per heavy atom. The number of rotatable bonds is 0. The van der Waals surface area contributed by atoms with Gasteiger partial charge in [-0.2, -0.15) is 0 Å². The second-order valence-corrected chi connectivity index (χ2v) is 4.55. The summed E-state index contributed by atoms with van der Waals surface area (Å²) in [5.74, 6) is 0.107. The highest BCUT2D eigenvalue weighted by molar-refractivity contribution is 9.10. The van der Waals surface area contributed by atoms with Crippen molar-refractivity contribution in [2.24, 2.45) is 5.92 Å². The van der Waals surface area contributed by atoms with Crippen LogP contribution in [-0.2, 0) is 4.79 Å². The summed E-state index contributed by atoms with van der Waals surface area (Å²) in [6.45, 7) is 0. The lowest BCUT2D eigenvalue weighted by Crippen LogP contribution is -2.20. The molecule has 0 aromatic heterocycles.